The lowest BCUT2D eigenvalue weighted by Crippen LogP contribution is -2.22. The van der Waals surface area contributed by atoms with Crippen molar-refractivity contribution in [3.8, 4) is 11.5 Å². The van der Waals surface area contributed by atoms with Crippen LogP contribution in [0.4, 0.5) is 18.9 Å². The Labute approximate surface area is 156 Å². The summed E-state index contributed by atoms with van der Waals surface area (Å²) in [4.78, 5) is 12.2. The smallest absolute Gasteiger partial charge is 0.416 e. The number of anilines is 1. The second-order valence-electron chi connectivity index (χ2n) is 5.59. The number of benzene rings is 1. The summed E-state index contributed by atoms with van der Waals surface area (Å²) in [6, 6.07) is 6.11. The lowest BCUT2D eigenvalue weighted by Gasteiger charge is -2.12. The predicted octanol–water partition coefficient (Wildman–Crippen LogP) is 4.78. The monoisotopic (exact) mass is 397 g/mol. The number of nitrogens with zero attached hydrogens (tertiary/aromatic N) is 2. The SMILES string of the molecule is Cc1occc1-c1nnc(S[C@@H](C)C(=O)Nc2cccc(C(F)(F)F)c2)o1. The maximum absolute atomic E-state index is 12.7. The summed E-state index contributed by atoms with van der Waals surface area (Å²) in [5.74, 6) is 0.387. The maximum Gasteiger partial charge on any atom is 0.416 e. The van der Waals surface area contributed by atoms with E-state index in [-0.39, 0.29) is 16.8 Å². The van der Waals surface area contributed by atoms with Crippen LogP contribution in [0.15, 0.2) is 50.7 Å². The molecule has 3 aromatic rings. The summed E-state index contributed by atoms with van der Waals surface area (Å²) < 4.78 is 48.9. The van der Waals surface area contributed by atoms with Gasteiger partial charge in [0.15, 0.2) is 0 Å². The zero-order valence-electron chi connectivity index (χ0n) is 14.2. The van der Waals surface area contributed by atoms with E-state index in [4.69, 9.17) is 8.83 Å². The van der Waals surface area contributed by atoms with Gasteiger partial charge in [0, 0.05) is 5.69 Å². The molecule has 0 aliphatic carbocycles. The summed E-state index contributed by atoms with van der Waals surface area (Å²) in [6.45, 7) is 3.33. The van der Waals surface area contributed by atoms with Crippen LogP contribution < -0.4 is 5.32 Å². The van der Waals surface area contributed by atoms with E-state index in [1.54, 1.807) is 19.9 Å². The van der Waals surface area contributed by atoms with Crippen LogP contribution in [0.25, 0.3) is 11.5 Å². The molecule has 2 aromatic heterocycles. The number of nitrogens with one attached hydrogen (secondary N) is 1. The number of amides is 1. The van der Waals surface area contributed by atoms with Crippen LogP contribution in [0.2, 0.25) is 0 Å². The number of rotatable bonds is 5. The molecule has 0 aliphatic rings. The first-order valence-corrected chi connectivity index (χ1v) is 8.65. The number of furan rings is 1. The molecular weight excluding hydrogens is 383 g/mol. The molecule has 1 amide bonds. The summed E-state index contributed by atoms with van der Waals surface area (Å²) in [7, 11) is 0. The van der Waals surface area contributed by atoms with Gasteiger partial charge in [-0.15, -0.1) is 10.2 Å². The minimum atomic E-state index is -4.48. The summed E-state index contributed by atoms with van der Waals surface area (Å²) in [6.07, 6.45) is -2.99. The second-order valence-corrected chi connectivity index (χ2v) is 6.88. The molecule has 0 unspecified atom stereocenters. The van der Waals surface area contributed by atoms with Gasteiger partial charge < -0.3 is 14.2 Å². The minimum absolute atomic E-state index is 0.0579. The molecule has 0 bridgehead atoms. The van der Waals surface area contributed by atoms with Crippen molar-refractivity contribution in [2.45, 2.75) is 30.5 Å². The van der Waals surface area contributed by atoms with Crippen LogP contribution in [0.5, 0.6) is 0 Å². The van der Waals surface area contributed by atoms with Gasteiger partial charge in [-0.3, -0.25) is 4.79 Å². The van der Waals surface area contributed by atoms with Crippen molar-refractivity contribution in [1.82, 2.24) is 10.2 Å². The van der Waals surface area contributed by atoms with Crippen molar-refractivity contribution in [2.75, 3.05) is 5.32 Å². The molecule has 0 fully saturated rings. The minimum Gasteiger partial charge on any atom is -0.469 e. The summed E-state index contributed by atoms with van der Waals surface area (Å²) in [5.41, 5.74) is -0.129. The van der Waals surface area contributed by atoms with Crippen molar-refractivity contribution in [2.24, 2.45) is 0 Å². The zero-order chi connectivity index (χ0) is 19.6. The van der Waals surface area contributed by atoms with Crippen LogP contribution in [0.3, 0.4) is 0 Å². The first kappa shape index (κ1) is 19.0. The molecule has 0 saturated carbocycles. The number of alkyl halides is 3. The maximum atomic E-state index is 12.7. The molecule has 1 aromatic carbocycles. The lowest BCUT2D eigenvalue weighted by molar-refractivity contribution is -0.137. The number of carbonyl (C=O) groups excluding carboxylic acids is 1. The highest BCUT2D eigenvalue weighted by Gasteiger charge is 2.30. The van der Waals surface area contributed by atoms with Crippen LogP contribution in [0.1, 0.15) is 18.2 Å². The van der Waals surface area contributed by atoms with Gasteiger partial charge in [-0.25, -0.2) is 0 Å². The molecular formula is C17H14F3N3O3S. The third-order valence-electron chi connectivity index (χ3n) is 3.60. The number of carbonyl (C=O) groups is 1. The fraction of sp³-hybridized carbons (Fsp3) is 0.235. The average molecular weight is 397 g/mol. The van der Waals surface area contributed by atoms with E-state index in [0.717, 1.165) is 23.9 Å². The Morgan fingerprint density at radius 1 is 1.26 bits per heavy atom. The van der Waals surface area contributed by atoms with Gasteiger partial charge in [0.1, 0.15) is 5.76 Å². The van der Waals surface area contributed by atoms with Gasteiger partial charge in [-0.05, 0) is 38.1 Å². The number of halogens is 3. The molecule has 10 heteroatoms. The van der Waals surface area contributed by atoms with Crippen LogP contribution >= 0.6 is 11.8 Å². The molecule has 0 spiro atoms. The van der Waals surface area contributed by atoms with E-state index in [0.29, 0.717) is 11.3 Å². The molecule has 0 radical (unpaired) electrons. The molecule has 1 atom stereocenters. The Morgan fingerprint density at radius 2 is 2.04 bits per heavy atom. The van der Waals surface area contributed by atoms with Crippen molar-refractivity contribution >= 4 is 23.4 Å². The number of aryl methyl sites for hydroxylation is 1. The van der Waals surface area contributed by atoms with Crippen molar-refractivity contribution < 1.29 is 26.8 Å². The first-order chi connectivity index (χ1) is 12.7. The van der Waals surface area contributed by atoms with Crippen molar-refractivity contribution in [3.63, 3.8) is 0 Å². The highest BCUT2D eigenvalue weighted by molar-refractivity contribution is 8.00. The van der Waals surface area contributed by atoms with E-state index in [1.807, 2.05) is 0 Å². The van der Waals surface area contributed by atoms with Crippen LogP contribution in [-0.4, -0.2) is 21.4 Å². The Bertz CT molecular complexity index is 952. The molecule has 1 N–H and O–H groups in total. The molecule has 3 rings (SSSR count). The van der Waals surface area contributed by atoms with Gasteiger partial charge in [0.2, 0.25) is 5.91 Å². The van der Waals surface area contributed by atoms with Crippen LogP contribution in [-0.2, 0) is 11.0 Å². The Morgan fingerprint density at radius 3 is 2.70 bits per heavy atom. The zero-order valence-corrected chi connectivity index (χ0v) is 15.0. The number of aromatic nitrogens is 2. The summed E-state index contributed by atoms with van der Waals surface area (Å²) >= 11 is 0.999. The molecule has 0 aliphatic heterocycles. The van der Waals surface area contributed by atoms with E-state index in [9.17, 15) is 18.0 Å². The van der Waals surface area contributed by atoms with Crippen molar-refractivity contribution in [3.05, 3.63) is 47.9 Å². The van der Waals surface area contributed by atoms with Gasteiger partial charge in [0.25, 0.3) is 11.1 Å². The highest BCUT2D eigenvalue weighted by atomic mass is 32.2. The van der Waals surface area contributed by atoms with E-state index < -0.39 is 22.9 Å². The van der Waals surface area contributed by atoms with Gasteiger partial charge in [-0.2, -0.15) is 13.2 Å². The first-order valence-electron chi connectivity index (χ1n) is 7.77. The molecule has 27 heavy (non-hydrogen) atoms. The van der Waals surface area contributed by atoms with Gasteiger partial charge >= 0.3 is 6.18 Å². The van der Waals surface area contributed by atoms with E-state index in [1.165, 1.54) is 18.4 Å². The third kappa shape index (κ3) is 4.51. The fourth-order valence-corrected chi connectivity index (χ4v) is 2.88. The third-order valence-corrected chi connectivity index (χ3v) is 4.53. The standard InChI is InChI=1S/C17H14F3N3O3S/c1-9-13(6-7-25-9)15-22-23-16(26-15)27-10(2)14(24)21-12-5-3-4-11(8-12)17(18,19)20/h3-8,10H,1-2H3,(H,21,24)/t10-/m0/s1. The molecule has 0 saturated heterocycles. The number of hydrogen-bond acceptors (Lipinski definition) is 6. The van der Waals surface area contributed by atoms with E-state index >= 15 is 0 Å². The van der Waals surface area contributed by atoms with Crippen LogP contribution in [0, 0.1) is 6.92 Å². The molecule has 142 valence electrons. The average Bonchev–Trinajstić information content (AvgIpc) is 3.23. The summed E-state index contributed by atoms with van der Waals surface area (Å²) in [5, 5.41) is 9.71. The quantitative estimate of drug-likeness (QED) is 0.624. The molecule has 6 nitrogen and oxygen atoms in total. The fourth-order valence-electron chi connectivity index (χ4n) is 2.19. The van der Waals surface area contributed by atoms with Gasteiger partial charge in [0.05, 0.1) is 22.6 Å². The topological polar surface area (TPSA) is 81.2 Å². The Hall–Kier alpha value is -2.75. The molecule has 2 heterocycles. The van der Waals surface area contributed by atoms with E-state index in [2.05, 4.69) is 15.5 Å². The van der Waals surface area contributed by atoms with Gasteiger partial charge in [-0.1, -0.05) is 17.8 Å². The second kappa shape index (κ2) is 7.47. The lowest BCUT2D eigenvalue weighted by atomic mass is 10.2. The number of hydrogen-bond donors (Lipinski definition) is 1. The highest BCUT2D eigenvalue weighted by Crippen LogP contribution is 2.31. The Kier molecular flexibility index (Phi) is 5.26. The predicted molar refractivity (Wildman–Crippen MR) is 92.1 cm³/mol. The normalized spacial score (nSPS) is 12.8. The Balaban J connectivity index is 1.65. The van der Waals surface area contributed by atoms with Crippen molar-refractivity contribution in [1.29, 1.82) is 0 Å². The largest absolute Gasteiger partial charge is 0.469 e. The number of thioether (sulfide) groups is 1.